The first-order valence-corrected chi connectivity index (χ1v) is 11.4. The Hall–Kier alpha value is -0.870. The lowest BCUT2D eigenvalue weighted by molar-refractivity contribution is -0.173. The van der Waals surface area contributed by atoms with Crippen LogP contribution in [-0.4, -0.2) is 33.5 Å². The molecule has 4 aliphatic rings. The topological polar surface area (TPSA) is 77.8 Å². The fraction of sp³-hybridized carbons (Fsp3) is 0.875. The second-order valence-electron chi connectivity index (χ2n) is 11.0. The molecule has 10 atom stereocenters. The highest BCUT2D eigenvalue weighted by molar-refractivity contribution is 5.79. The Morgan fingerprint density at radius 2 is 1.68 bits per heavy atom. The van der Waals surface area contributed by atoms with Crippen LogP contribution in [0.1, 0.15) is 72.1 Å². The fourth-order valence-corrected chi connectivity index (χ4v) is 8.47. The Morgan fingerprint density at radius 1 is 1.00 bits per heavy atom. The van der Waals surface area contributed by atoms with Gasteiger partial charge in [-0.15, -0.1) is 0 Å². The molecule has 0 radical (unpaired) electrons. The molecule has 0 heterocycles. The number of hydrogen-bond donors (Lipinski definition) is 3. The number of allylic oxidation sites excluding steroid dienone is 1. The first-order chi connectivity index (χ1) is 13.2. The van der Waals surface area contributed by atoms with Gasteiger partial charge >= 0.3 is 5.97 Å². The summed E-state index contributed by atoms with van der Waals surface area (Å²) in [5.74, 6) is 1.82. The van der Waals surface area contributed by atoms with E-state index in [2.05, 4.69) is 20.8 Å². The molecule has 3 N–H and O–H groups in total. The van der Waals surface area contributed by atoms with Crippen molar-refractivity contribution in [1.82, 2.24) is 0 Å². The Kier molecular flexibility index (Phi) is 5.19. The molecule has 4 rings (SSSR count). The summed E-state index contributed by atoms with van der Waals surface area (Å²) in [7, 11) is 0. The summed E-state index contributed by atoms with van der Waals surface area (Å²) in [6.45, 7) is 7.03. The largest absolute Gasteiger partial charge is 0.478 e. The van der Waals surface area contributed by atoms with Crippen LogP contribution in [0.4, 0.5) is 0 Å². The molecule has 0 aliphatic heterocycles. The van der Waals surface area contributed by atoms with Gasteiger partial charge in [-0.05, 0) is 97.7 Å². The van der Waals surface area contributed by atoms with Crippen molar-refractivity contribution in [3.05, 3.63) is 12.2 Å². The molecule has 4 nitrogen and oxygen atoms in total. The Balaban J connectivity index is 1.59. The number of aliphatic hydroxyl groups is 2. The molecular formula is C24H38O4. The zero-order chi connectivity index (χ0) is 20.3. The van der Waals surface area contributed by atoms with Crippen LogP contribution >= 0.6 is 0 Å². The van der Waals surface area contributed by atoms with Crippen molar-refractivity contribution in [1.29, 1.82) is 0 Å². The Bertz CT molecular complexity index is 645. The molecule has 4 aliphatic carbocycles. The molecule has 158 valence electrons. The monoisotopic (exact) mass is 390 g/mol. The van der Waals surface area contributed by atoms with Crippen LogP contribution < -0.4 is 0 Å². The van der Waals surface area contributed by atoms with E-state index in [4.69, 9.17) is 5.11 Å². The zero-order valence-electron chi connectivity index (χ0n) is 17.7. The number of rotatable bonds is 3. The van der Waals surface area contributed by atoms with Crippen LogP contribution in [0, 0.1) is 46.3 Å². The maximum Gasteiger partial charge on any atom is 0.327 e. The van der Waals surface area contributed by atoms with Gasteiger partial charge in [0.1, 0.15) is 0 Å². The third-order valence-electron chi connectivity index (χ3n) is 9.91. The molecule has 4 fully saturated rings. The number of carbonyl (C=O) groups is 1. The van der Waals surface area contributed by atoms with Crippen molar-refractivity contribution >= 4 is 5.97 Å². The van der Waals surface area contributed by atoms with Gasteiger partial charge in [0, 0.05) is 6.08 Å². The molecule has 0 amide bonds. The molecule has 0 aromatic heterocycles. The normalized spacial score (nSPS) is 52.0. The predicted molar refractivity (Wildman–Crippen MR) is 109 cm³/mol. The molecule has 28 heavy (non-hydrogen) atoms. The van der Waals surface area contributed by atoms with Gasteiger partial charge in [-0.1, -0.05) is 26.8 Å². The average Bonchev–Trinajstić information content (AvgIpc) is 2.98. The van der Waals surface area contributed by atoms with Gasteiger partial charge in [0.25, 0.3) is 0 Å². The lowest BCUT2D eigenvalue weighted by atomic mass is 9.43. The van der Waals surface area contributed by atoms with Gasteiger partial charge in [0.15, 0.2) is 0 Å². The van der Waals surface area contributed by atoms with Gasteiger partial charge < -0.3 is 15.3 Å². The third kappa shape index (κ3) is 3.06. The van der Waals surface area contributed by atoms with Crippen molar-refractivity contribution in [3.8, 4) is 0 Å². The second-order valence-corrected chi connectivity index (χ2v) is 11.0. The van der Waals surface area contributed by atoms with Crippen molar-refractivity contribution in [2.24, 2.45) is 46.3 Å². The fourth-order valence-electron chi connectivity index (χ4n) is 8.47. The summed E-state index contributed by atoms with van der Waals surface area (Å²) < 4.78 is 0. The number of fused-ring (bicyclic) bond motifs is 5. The van der Waals surface area contributed by atoms with Crippen LogP contribution in [0.5, 0.6) is 0 Å². The maximum atomic E-state index is 11.2. The van der Waals surface area contributed by atoms with E-state index in [1.54, 1.807) is 0 Å². The van der Waals surface area contributed by atoms with Crippen molar-refractivity contribution < 1.29 is 20.1 Å². The highest BCUT2D eigenvalue weighted by Gasteiger charge is 2.62. The van der Waals surface area contributed by atoms with Gasteiger partial charge in [-0.2, -0.15) is 0 Å². The summed E-state index contributed by atoms with van der Waals surface area (Å²) in [5, 5.41) is 30.4. The summed E-state index contributed by atoms with van der Waals surface area (Å²) in [6.07, 6.45) is 11.1. The lowest BCUT2D eigenvalue weighted by Gasteiger charge is -2.62. The van der Waals surface area contributed by atoms with Crippen molar-refractivity contribution in [2.75, 3.05) is 0 Å². The molecule has 0 bridgehead atoms. The van der Waals surface area contributed by atoms with Crippen molar-refractivity contribution in [3.63, 3.8) is 0 Å². The van der Waals surface area contributed by atoms with Gasteiger partial charge in [0.05, 0.1) is 12.2 Å². The summed E-state index contributed by atoms with van der Waals surface area (Å²) >= 11 is 0. The summed E-state index contributed by atoms with van der Waals surface area (Å²) in [6, 6.07) is 0. The molecular weight excluding hydrogens is 352 g/mol. The SMILES string of the molecule is C[C@H](/C=C/C(=O)O)[C@H]1CCC2C3C(CC[C@@]21C)[C@@]1(C)CC[C@@H](O)C[C@H]1C[C@@H]3O. The van der Waals surface area contributed by atoms with Crippen LogP contribution in [0.15, 0.2) is 12.2 Å². The van der Waals surface area contributed by atoms with E-state index in [0.717, 1.165) is 38.5 Å². The minimum Gasteiger partial charge on any atom is -0.478 e. The average molecular weight is 391 g/mol. The maximum absolute atomic E-state index is 11.2. The number of carboxylic acids is 1. The predicted octanol–water partition coefficient (Wildman–Crippen LogP) is 4.25. The van der Waals surface area contributed by atoms with Crippen LogP contribution in [0.25, 0.3) is 0 Å². The summed E-state index contributed by atoms with van der Waals surface area (Å²) in [4.78, 5) is 11.0. The molecule has 4 heteroatoms. The lowest BCUT2D eigenvalue weighted by Crippen LogP contribution is -2.58. The van der Waals surface area contributed by atoms with E-state index < -0.39 is 5.97 Å². The van der Waals surface area contributed by atoms with Crippen LogP contribution in [0.3, 0.4) is 0 Å². The third-order valence-corrected chi connectivity index (χ3v) is 9.91. The van der Waals surface area contributed by atoms with Crippen LogP contribution in [0.2, 0.25) is 0 Å². The van der Waals surface area contributed by atoms with Crippen LogP contribution in [-0.2, 0) is 4.79 Å². The van der Waals surface area contributed by atoms with E-state index in [0.29, 0.717) is 29.6 Å². The van der Waals surface area contributed by atoms with Gasteiger partial charge in [-0.25, -0.2) is 4.79 Å². The molecule has 0 saturated heterocycles. The minimum absolute atomic E-state index is 0.187. The Morgan fingerprint density at radius 3 is 2.39 bits per heavy atom. The molecule has 0 spiro atoms. The smallest absolute Gasteiger partial charge is 0.327 e. The molecule has 3 unspecified atom stereocenters. The minimum atomic E-state index is -0.864. The number of aliphatic hydroxyl groups excluding tert-OH is 2. The van der Waals surface area contributed by atoms with Crippen molar-refractivity contribution in [2.45, 2.75) is 84.3 Å². The molecule has 0 aromatic rings. The Labute approximate surface area is 169 Å². The van der Waals surface area contributed by atoms with Gasteiger partial charge in [-0.3, -0.25) is 0 Å². The number of hydrogen-bond acceptors (Lipinski definition) is 3. The standard InChI is InChI=1S/C24H38O4/c1-14(4-7-21(27)28)17-5-6-18-22-19(9-11-24(17,18)3)23(2)10-8-16(25)12-15(23)13-20(22)26/h4,7,14-20,22,25-26H,5-6,8-13H2,1-3H3,(H,27,28)/b7-4+/t14-,15+,16-,17-,18?,19?,20+,22?,23+,24-/m1/s1. The number of carboxylic acid groups (broad SMARTS) is 1. The van der Waals surface area contributed by atoms with E-state index in [-0.39, 0.29) is 29.0 Å². The van der Waals surface area contributed by atoms with E-state index in [9.17, 15) is 15.0 Å². The van der Waals surface area contributed by atoms with E-state index in [1.165, 1.54) is 18.9 Å². The quantitative estimate of drug-likeness (QED) is 0.630. The first kappa shape index (κ1) is 20.4. The summed E-state index contributed by atoms with van der Waals surface area (Å²) in [5.41, 5.74) is 0.457. The van der Waals surface area contributed by atoms with Gasteiger partial charge in [0.2, 0.25) is 0 Å². The number of aliphatic carboxylic acids is 1. The molecule has 0 aromatic carbocycles. The van der Waals surface area contributed by atoms with E-state index in [1.807, 2.05) is 6.08 Å². The highest BCUT2D eigenvalue weighted by atomic mass is 16.4. The van der Waals surface area contributed by atoms with E-state index >= 15 is 0 Å². The zero-order valence-corrected chi connectivity index (χ0v) is 17.7. The highest BCUT2D eigenvalue weighted by Crippen LogP contribution is 2.68. The molecule has 4 saturated carbocycles. The second kappa shape index (κ2) is 7.12. The first-order valence-electron chi connectivity index (χ1n) is 11.4.